The van der Waals surface area contributed by atoms with Crippen molar-refractivity contribution in [1.29, 1.82) is 0 Å². The lowest BCUT2D eigenvalue weighted by Crippen LogP contribution is -2.25. The summed E-state index contributed by atoms with van der Waals surface area (Å²) in [6.45, 7) is 3.83. The molecule has 3 heterocycles. The topological polar surface area (TPSA) is 52.4 Å². The molecule has 3 aromatic rings. The molecule has 0 radical (unpaired) electrons. The maximum Gasteiger partial charge on any atom is 0.319 e. The molecule has 0 atom stereocenters. The number of hydrogen-bond acceptors (Lipinski definition) is 5. The van der Waals surface area contributed by atoms with Crippen molar-refractivity contribution in [2.45, 2.75) is 12.8 Å². The van der Waals surface area contributed by atoms with Crippen LogP contribution in [0, 0.1) is 0 Å². The van der Waals surface area contributed by atoms with Gasteiger partial charge in [0.1, 0.15) is 6.61 Å². The van der Waals surface area contributed by atoms with Crippen LogP contribution < -0.4 is 9.47 Å². The van der Waals surface area contributed by atoms with Crippen LogP contribution in [0.1, 0.15) is 12.8 Å². The van der Waals surface area contributed by atoms with E-state index in [2.05, 4.69) is 27.0 Å². The number of ether oxygens (including phenoxy) is 2. The Morgan fingerprint density at radius 3 is 2.88 bits per heavy atom. The number of aromatic nitrogens is 3. The molecule has 0 N–H and O–H groups in total. The molecule has 1 aliphatic rings. The zero-order chi connectivity index (χ0) is 17.1. The van der Waals surface area contributed by atoms with E-state index in [-0.39, 0.29) is 0 Å². The van der Waals surface area contributed by atoms with Gasteiger partial charge < -0.3 is 14.0 Å². The van der Waals surface area contributed by atoms with E-state index in [1.807, 2.05) is 29.9 Å². The molecule has 6 nitrogen and oxygen atoms in total. The molecular weight excluding hydrogens is 316 g/mol. The molecular formula is C19H22N4O2. The highest BCUT2D eigenvalue weighted by Crippen LogP contribution is 2.29. The first-order chi connectivity index (χ1) is 12.3. The van der Waals surface area contributed by atoms with Crippen LogP contribution in [0.5, 0.6) is 17.6 Å². The van der Waals surface area contributed by atoms with E-state index >= 15 is 0 Å². The number of likely N-dealkylation sites (tertiary alicyclic amines) is 1. The van der Waals surface area contributed by atoms with Crippen molar-refractivity contribution < 1.29 is 9.47 Å². The van der Waals surface area contributed by atoms with E-state index in [4.69, 9.17) is 9.47 Å². The lowest BCUT2D eigenvalue weighted by molar-refractivity contribution is 0.223. The first kappa shape index (κ1) is 15.9. The third-order valence-electron chi connectivity index (χ3n) is 4.52. The molecule has 4 rings (SSSR count). The number of benzene rings is 1. The summed E-state index contributed by atoms with van der Waals surface area (Å²) in [5.74, 6) is 1.26. The summed E-state index contributed by atoms with van der Waals surface area (Å²) in [7, 11) is 2.00. The number of fused-ring (bicyclic) bond motifs is 1. The summed E-state index contributed by atoms with van der Waals surface area (Å²) < 4.78 is 13.7. The number of aryl methyl sites for hydroxylation is 1. The Hall–Kier alpha value is -2.60. The van der Waals surface area contributed by atoms with E-state index < -0.39 is 0 Å². The second kappa shape index (κ2) is 7.11. The molecule has 1 saturated heterocycles. The lowest BCUT2D eigenvalue weighted by Gasteiger charge is -2.14. The van der Waals surface area contributed by atoms with Gasteiger partial charge in [-0.2, -0.15) is 4.98 Å². The van der Waals surface area contributed by atoms with Crippen LogP contribution in [0.25, 0.3) is 10.9 Å². The Labute approximate surface area is 147 Å². The van der Waals surface area contributed by atoms with Crippen molar-refractivity contribution >= 4 is 10.9 Å². The van der Waals surface area contributed by atoms with Gasteiger partial charge in [0.25, 0.3) is 0 Å². The summed E-state index contributed by atoms with van der Waals surface area (Å²) in [6.07, 6.45) is 6.25. The minimum absolute atomic E-state index is 0.357. The van der Waals surface area contributed by atoms with Crippen molar-refractivity contribution in [3.05, 3.63) is 42.7 Å². The molecule has 2 aromatic heterocycles. The van der Waals surface area contributed by atoms with Gasteiger partial charge in [0.2, 0.25) is 5.88 Å². The van der Waals surface area contributed by atoms with Gasteiger partial charge in [0.05, 0.1) is 5.52 Å². The van der Waals surface area contributed by atoms with Crippen molar-refractivity contribution in [3.63, 3.8) is 0 Å². The summed E-state index contributed by atoms with van der Waals surface area (Å²) in [5, 5.41) is 1.14. The number of nitrogens with zero attached hydrogens (tertiary/aromatic N) is 4. The second-order valence-electron chi connectivity index (χ2n) is 6.30. The molecule has 0 unspecified atom stereocenters. The summed E-state index contributed by atoms with van der Waals surface area (Å²) in [4.78, 5) is 10.9. The van der Waals surface area contributed by atoms with Gasteiger partial charge in [-0.15, -0.1) is 0 Å². The molecule has 1 fully saturated rings. The van der Waals surface area contributed by atoms with Crippen LogP contribution in [0.15, 0.2) is 42.7 Å². The highest BCUT2D eigenvalue weighted by atomic mass is 16.5. The highest BCUT2D eigenvalue weighted by molar-refractivity contribution is 5.86. The summed E-state index contributed by atoms with van der Waals surface area (Å²) >= 11 is 0. The maximum atomic E-state index is 5.99. The van der Waals surface area contributed by atoms with Crippen LogP contribution >= 0.6 is 0 Å². The molecule has 0 aliphatic carbocycles. The van der Waals surface area contributed by atoms with E-state index in [9.17, 15) is 0 Å². The van der Waals surface area contributed by atoms with Gasteiger partial charge >= 0.3 is 6.01 Å². The minimum Gasteiger partial charge on any atom is -0.462 e. The fourth-order valence-corrected chi connectivity index (χ4v) is 3.24. The van der Waals surface area contributed by atoms with Crippen molar-refractivity contribution in [2.75, 3.05) is 26.2 Å². The zero-order valence-corrected chi connectivity index (χ0v) is 14.4. The third kappa shape index (κ3) is 3.58. The van der Waals surface area contributed by atoms with Gasteiger partial charge in [-0.3, -0.25) is 4.90 Å². The van der Waals surface area contributed by atoms with Crippen LogP contribution in [-0.2, 0) is 7.05 Å². The van der Waals surface area contributed by atoms with Crippen molar-refractivity contribution in [1.82, 2.24) is 19.4 Å². The van der Waals surface area contributed by atoms with Gasteiger partial charge in [0.15, 0.2) is 5.75 Å². The van der Waals surface area contributed by atoms with Crippen molar-refractivity contribution in [2.24, 2.45) is 7.05 Å². The standard InChI is InChI=1S/C19H22N4O2/c1-22-12-8-15-5-4-6-16(18(15)22)25-17-7-9-20-19(21-17)24-14-13-23-10-2-3-11-23/h4-9,12H,2-3,10-11,13-14H2,1H3. The molecule has 0 spiro atoms. The summed E-state index contributed by atoms with van der Waals surface area (Å²) in [5.41, 5.74) is 1.04. The average molecular weight is 338 g/mol. The molecule has 25 heavy (non-hydrogen) atoms. The lowest BCUT2D eigenvalue weighted by atomic mass is 10.2. The Balaban J connectivity index is 1.44. The first-order valence-corrected chi connectivity index (χ1v) is 8.70. The van der Waals surface area contributed by atoms with E-state index in [1.54, 1.807) is 12.3 Å². The van der Waals surface area contributed by atoms with E-state index in [1.165, 1.54) is 12.8 Å². The van der Waals surface area contributed by atoms with Crippen molar-refractivity contribution in [3.8, 4) is 17.6 Å². The molecule has 1 aromatic carbocycles. The maximum absolute atomic E-state index is 5.99. The first-order valence-electron chi connectivity index (χ1n) is 8.70. The van der Waals surface area contributed by atoms with Crippen LogP contribution in [0.3, 0.4) is 0 Å². The molecule has 0 amide bonds. The van der Waals surface area contributed by atoms with Crippen LogP contribution in [0.4, 0.5) is 0 Å². The Kier molecular flexibility index (Phi) is 4.52. The average Bonchev–Trinajstić information content (AvgIpc) is 3.26. The van der Waals surface area contributed by atoms with Crippen LogP contribution in [-0.4, -0.2) is 45.7 Å². The molecule has 130 valence electrons. The number of rotatable bonds is 6. The SMILES string of the molecule is Cn1ccc2cccc(Oc3ccnc(OCCN4CCCC4)n3)c21. The largest absolute Gasteiger partial charge is 0.462 e. The molecule has 0 saturated carbocycles. The van der Waals surface area contributed by atoms with Crippen LogP contribution in [0.2, 0.25) is 0 Å². The van der Waals surface area contributed by atoms with Gasteiger partial charge in [0, 0.05) is 37.4 Å². The highest BCUT2D eigenvalue weighted by Gasteiger charge is 2.12. The quantitative estimate of drug-likeness (QED) is 0.691. The molecule has 6 heteroatoms. The normalized spacial score (nSPS) is 14.9. The van der Waals surface area contributed by atoms with Gasteiger partial charge in [-0.1, -0.05) is 12.1 Å². The zero-order valence-electron chi connectivity index (χ0n) is 14.4. The third-order valence-corrected chi connectivity index (χ3v) is 4.52. The smallest absolute Gasteiger partial charge is 0.319 e. The van der Waals surface area contributed by atoms with Gasteiger partial charge in [-0.25, -0.2) is 4.98 Å². The number of hydrogen-bond donors (Lipinski definition) is 0. The fraction of sp³-hybridized carbons (Fsp3) is 0.368. The Bertz CT molecular complexity index is 856. The number of para-hydroxylation sites is 1. The predicted octanol–water partition coefficient (Wildman–Crippen LogP) is 3.24. The Morgan fingerprint density at radius 1 is 1.12 bits per heavy atom. The molecule has 1 aliphatic heterocycles. The Morgan fingerprint density at radius 2 is 2.00 bits per heavy atom. The predicted molar refractivity (Wildman–Crippen MR) is 96.2 cm³/mol. The minimum atomic E-state index is 0.357. The second-order valence-corrected chi connectivity index (χ2v) is 6.30. The monoisotopic (exact) mass is 338 g/mol. The summed E-state index contributed by atoms with van der Waals surface area (Å²) in [6, 6.07) is 10.2. The van der Waals surface area contributed by atoms with E-state index in [0.717, 1.165) is 36.3 Å². The fourth-order valence-electron chi connectivity index (χ4n) is 3.24. The van der Waals surface area contributed by atoms with Gasteiger partial charge in [-0.05, 0) is 38.1 Å². The molecule has 0 bridgehead atoms. The van der Waals surface area contributed by atoms with E-state index in [0.29, 0.717) is 18.5 Å².